The molecule has 0 bridgehead atoms. The summed E-state index contributed by atoms with van der Waals surface area (Å²) in [7, 11) is 0. The summed E-state index contributed by atoms with van der Waals surface area (Å²) in [5, 5.41) is 11.2. The van der Waals surface area contributed by atoms with Crippen LogP contribution in [0.2, 0.25) is 0 Å². The average molecular weight is 239 g/mol. The van der Waals surface area contributed by atoms with Gasteiger partial charge in [0, 0.05) is 11.1 Å². The third-order valence-electron chi connectivity index (χ3n) is 2.15. The third-order valence-corrected chi connectivity index (χ3v) is 2.15. The van der Waals surface area contributed by atoms with Crippen LogP contribution < -0.4 is 5.32 Å². The molecule has 17 heavy (non-hydrogen) atoms. The van der Waals surface area contributed by atoms with E-state index in [0.717, 1.165) is 0 Å². The molecule has 1 aromatic carbocycles. The number of nitrogens with one attached hydrogen (secondary N) is 1. The summed E-state index contributed by atoms with van der Waals surface area (Å²) in [5.41, 5.74) is -0.554. The van der Waals surface area contributed by atoms with Crippen molar-refractivity contribution in [1.29, 1.82) is 0 Å². The van der Waals surface area contributed by atoms with Gasteiger partial charge in [-0.3, -0.25) is 9.59 Å². The lowest BCUT2D eigenvalue weighted by molar-refractivity contribution is -0.138. The number of halogens is 1. The second-order valence-electron chi connectivity index (χ2n) is 4.42. The number of carbonyl (C=O) groups is 2. The Bertz CT molecular complexity index is 426. The lowest BCUT2D eigenvalue weighted by Gasteiger charge is -2.24. The number of carbonyl (C=O) groups excluding carboxylic acids is 1. The molecule has 0 heterocycles. The number of benzene rings is 1. The van der Waals surface area contributed by atoms with Crippen LogP contribution in [0.1, 0.15) is 30.6 Å². The van der Waals surface area contributed by atoms with Crippen molar-refractivity contribution >= 4 is 11.9 Å². The van der Waals surface area contributed by atoms with Gasteiger partial charge in [-0.1, -0.05) is 0 Å². The van der Waals surface area contributed by atoms with Gasteiger partial charge in [0.05, 0.1) is 6.42 Å². The van der Waals surface area contributed by atoms with Crippen molar-refractivity contribution in [2.24, 2.45) is 0 Å². The Morgan fingerprint density at radius 2 is 1.82 bits per heavy atom. The van der Waals surface area contributed by atoms with Crippen LogP contribution >= 0.6 is 0 Å². The largest absolute Gasteiger partial charge is 0.481 e. The first kappa shape index (κ1) is 13.2. The molecule has 0 aliphatic heterocycles. The zero-order chi connectivity index (χ0) is 13.1. The Labute approximate surface area is 98.5 Å². The molecule has 0 aliphatic carbocycles. The summed E-state index contributed by atoms with van der Waals surface area (Å²) < 4.78 is 12.7. The molecule has 0 aromatic heterocycles. The van der Waals surface area contributed by atoms with Gasteiger partial charge in [0.25, 0.3) is 5.91 Å². The Balaban J connectivity index is 2.72. The van der Waals surface area contributed by atoms with Crippen molar-refractivity contribution in [2.45, 2.75) is 25.8 Å². The maximum atomic E-state index is 12.7. The maximum absolute atomic E-state index is 12.7. The second kappa shape index (κ2) is 4.95. The molecule has 0 radical (unpaired) electrons. The highest BCUT2D eigenvalue weighted by atomic mass is 19.1. The molecular weight excluding hydrogens is 225 g/mol. The van der Waals surface area contributed by atoms with Crippen molar-refractivity contribution in [3.63, 3.8) is 0 Å². The Morgan fingerprint density at radius 3 is 2.29 bits per heavy atom. The van der Waals surface area contributed by atoms with Gasteiger partial charge in [-0.2, -0.15) is 0 Å². The van der Waals surface area contributed by atoms with Gasteiger partial charge in [0.2, 0.25) is 0 Å². The molecule has 0 saturated heterocycles. The van der Waals surface area contributed by atoms with Gasteiger partial charge in [-0.05, 0) is 38.1 Å². The van der Waals surface area contributed by atoms with Crippen molar-refractivity contribution in [3.05, 3.63) is 35.6 Å². The Kier molecular flexibility index (Phi) is 3.83. The fourth-order valence-corrected chi connectivity index (χ4v) is 1.40. The van der Waals surface area contributed by atoms with Crippen molar-refractivity contribution in [2.75, 3.05) is 0 Å². The molecule has 0 spiro atoms. The van der Waals surface area contributed by atoms with Crippen molar-refractivity contribution < 1.29 is 19.1 Å². The molecule has 2 N–H and O–H groups in total. The first-order valence-electron chi connectivity index (χ1n) is 5.10. The highest BCUT2D eigenvalue weighted by Gasteiger charge is 2.24. The fourth-order valence-electron chi connectivity index (χ4n) is 1.40. The highest BCUT2D eigenvalue weighted by Crippen LogP contribution is 2.10. The van der Waals surface area contributed by atoms with E-state index >= 15 is 0 Å². The third kappa shape index (κ3) is 4.22. The number of rotatable bonds is 4. The molecule has 92 valence electrons. The van der Waals surface area contributed by atoms with Crippen LogP contribution in [0.4, 0.5) is 4.39 Å². The number of hydrogen-bond acceptors (Lipinski definition) is 2. The fraction of sp³-hybridized carbons (Fsp3) is 0.333. The smallest absolute Gasteiger partial charge is 0.305 e. The highest BCUT2D eigenvalue weighted by molar-refractivity contribution is 5.94. The summed E-state index contributed by atoms with van der Waals surface area (Å²) in [6.45, 7) is 3.23. The average Bonchev–Trinajstić information content (AvgIpc) is 2.15. The number of hydrogen-bond donors (Lipinski definition) is 2. The standard InChI is InChI=1S/C12H14FNO3/c1-12(2,7-10(15)16)14-11(17)8-3-5-9(13)6-4-8/h3-6H,7H2,1-2H3,(H,14,17)(H,15,16). The van der Waals surface area contributed by atoms with Crippen LogP contribution in [0.5, 0.6) is 0 Å². The van der Waals surface area contributed by atoms with E-state index in [1.54, 1.807) is 13.8 Å². The minimum absolute atomic E-state index is 0.181. The number of carboxylic acid groups (broad SMARTS) is 1. The molecule has 1 amide bonds. The lowest BCUT2D eigenvalue weighted by atomic mass is 10.00. The van der Waals surface area contributed by atoms with Gasteiger partial charge in [0.15, 0.2) is 0 Å². The van der Waals surface area contributed by atoms with Gasteiger partial charge < -0.3 is 10.4 Å². The topological polar surface area (TPSA) is 66.4 Å². The first-order chi connectivity index (χ1) is 7.80. The normalized spacial score (nSPS) is 11.0. The molecule has 0 unspecified atom stereocenters. The molecule has 0 atom stereocenters. The van der Waals surface area contributed by atoms with E-state index in [4.69, 9.17) is 5.11 Å². The SMILES string of the molecule is CC(C)(CC(=O)O)NC(=O)c1ccc(F)cc1. The quantitative estimate of drug-likeness (QED) is 0.842. The zero-order valence-electron chi connectivity index (χ0n) is 9.66. The number of aliphatic carboxylic acids is 1. The summed E-state index contributed by atoms with van der Waals surface area (Å²) in [4.78, 5) is 22.3. The van der Waals surface area contributed by atoms with E-state index in [1.807, 2.05) is 0 Å². The van der Waals surface area contributed by atoms with Crippen molar-refractivity contribution in [1.82, 2.24) is 5.32 Å². The first-order valence-corrected chi connectivity index (χ1v) is 5.10. The second-order valence-corrected chi connectivity index (χ2v) is 4.42. The van der Waals surface area contributed by atoms with E-state index in [1.165, 1.54) is 24.3 Å². The Hall–Kier alpha value is -1.91. The molecule has 1 rings (SSSR count). The van der Waals surface area contributed by atoms with Crippen LogP contribution in [0.25, 0.3) is 0 Å². The predicted molar refractivity (Wildman–Crippen MR) is 60.2 cm³/mol. The minimum atomic E-state index is -0.991. The maximum Gasteiger partial charge on any atom is 0.305 e. The molecule has 5 heteroatoms. The van der Waals surface area contributed by atoms with Gasteiger partial charge in [0.1, 0.15) is 5.82 Å². The zero-order valence-corrected chi connectivity index (χ0v) is 9.66. The van der Waals surface area contributed by atoms with Crippen molar-refractivity contribution in [3.8, 4) is 0 Å². The van der Waals surface area contributed by atoms with Crippen LogP contribution in [-0.2, 0) is 4.79 Å². The molecule has 0 saturated carbocycles. The summed E-state index contributed by atoms with van der Waals surface area (Å²) >= 11 is 0. The van der Waals surface area contributed by atoms with E-state index in [0.29, 0.717) is 5.56 Å². The van der Waals surface area contributed by atoms with E-state index < -0.39 is 23.2 Å². The number of amides is 1. The van der Waals surface area contributed by atoms with Crippen LogP contribution in [-0.4, -0.2) is 22.5 Å². The summed E-state index contributed by atoms with van der Waals surface area (Å²) in [6.07, 6.45) is -0.181. The predicted octanol–water partition coefficient (Wildman–Crippen LogP) is 1.81. The van der Waals surface area contributed by atoms with Gasteiger partial charge in [-0.25, -0.2) is 4.39 Å². The van der Waals surface area contributed by atoms with Gasteiger partial charge in [-0.15, -0.1) is 0 Å². The van der Waals surface area contributed by atoms with E-state index in [2.05, 4.69) is 5.32 Å². The van der Waals surface area contributed by atoms with Crippen LogP contribution in [0.15, 0.2) is 24.3 Å². The summed E-state index contributed by atoms with van der Waals surface area (Å²) in [5.74, 6) is -1.84. The van der Waals surface area contributed by atoms with E-state index in [9.17, 15) is 14.0 Å². The monoisotopic (exact) mass is 239 g/mol. The van der Waals surface area contributed by atoms with Gasteiger partial charge >= 0.3 is 5.97 Å². The summed E-state index contributed by atoms with van der Waals surface area (Å²) in [6, 6.07) is 5.06. The van der Waals surface area contributed by atoms with Crippen LogP contribution in [0, 0.1) is 5.82 Å². The van der Waals surface area contributed by atoms with E-state index in [-0.39, 0.29) is 6.42 Å². The number of carboxylic acids is 1. The molecule has 1 aromatic rings. The molecule has 0 aliphatic rings. The van der Waals surface area contributed by atoms with Crippen LogP contribution in [0.3, 0.4) is 0 Å². The minimum Gasteiger partial charge on any atom is -0.481 e. The lowest BCUT2D eigenvalue weighted by Crippen LogP contribution is -2.44. The molecular formula is C12H14FNO3. The Morgan fingerprint density at radius 1 is 1.29 bits per heavy atom. The molecule has 0 fully saturated rings. The molecule has 4 nitrogen and oxygen atoms in total.